The molecule has 1 unspecified atom stereocenters. The van der Waals surface area contributed by atoms with Crippen molar-refractivity contribution in [2.45, 2.75) is 78.9 Å². The van der Waals surface area contributed by atoms with E-state index in [1.54, 1.807) is 0 Å². The molecule has 1 atom stereocenters. The van der Waals surface area contributed by atoms with E-state index in [4.69, 9.17) is 9.47 Å². The van der Waals surface area contributed by atoms with Gasteiger partial charge < -0.3 is 14.6 Å². The summed E-state index contributed by atoms with van der Waals surface area (Å²) < 4.78 is 12.3. The predicted molar refractivity (Wildman–Crippen MR) is 150 cm³/mol. The van der Waals surface area contributed by atoms with Crippen LogP contribution in [0, 0.1) is 6.92 Å². The number of aliphatic carboxylic acids is 1. The molecule has 0 bridgehead atoms. The molecule has 0 spiro atoms. The van der Waals surface area contributed by atoms with Crippen LogP contribution in [0.2, 0.25) is 0 Å². The standard InChI is InChI=1S/C31H39NO4/c1-9-12-16-31(6,7)36-29(30(33)34)26-20(5)18-21(10-2)22(11-3)27(26)23-13-14-24-25(28(23)32-8)19(4)15-17-35-24/h10-11,13-14,18,29H,4,8-9,12,15-17H2,1-3,5-7H3,(H,33,34). The van der Waals surface area contributed by atoms with E-state index in [0.29, 0.717) is 24.3 Å². The number of aliphatic imine (C=N–C) groups is 1. The summed E-state index contributed by atoms with van der Waals surface area (Å²) in [6.07, 6.45) is 6.35. The fraction of sp³-hybridized carbons (Fsp3) is 0.419. The topological polar surface area (TPSA) is 68.1 Å². The molecule has 5 heteroatoms. The number of carboxylic acid groups (broad SMARTS) is 1. The molecule has 0 aliphatic carbocycles. The molecule has 3 rings (SSSR count). The number of benzene rings is 2. The zero-order chi connectivity index (χ0) is 26.6. The van der Waals surface area contributed by atoms with E-state index in [1.807, 2.05) is 65.0 Å². The maximum atomic E-state index is 12.8. The molecule has 0 fully saturated rings. The van der Waals surface area contributed by atoms with Crippen molar-refractivity contribution in [3.63, 3.8) is 0 Å². The minimum atomic E-state index is -1.15. The van der Waals surface area contributed by atoms with Gasteiger partial charge in [-0.15, -0.1) is 0 Å². The number of aryl methyl sites for hydroxylation is 1. The predicted octanol–water partition coefficient (Wildman–Crippen LogP) is 6.50. The summed E-state index contributed by atoms with van der Waals surface area (Å²) in [6.45, 7) is 20.6. The second kappa shape index (κ2) is 11.3. The largest absolute Gasteiger partial charge is 0.493 e. The van der Waals surface area contributed by atoms with Crippen LogP contribution in [0.5, 0.6) is 5.75 Å². The molecule has 2 aromatic carbocycles. The van der Waals surface area contributed by atoms with Gasteiger partial charge in [0.15, 0.2) is 6.10 Å². The van der Waals surface area contributed by atoms with E-state index >= 15 is 0 Å². The number of unbranched alkanes of at least 4 members (excludes halogenated alkanes) is 1. The minimum absolute atomic E-state index is 0.572. The van der Waals surface area contributed by atoms with Gasteiger partial charge in [0.1, 0.15) is 5.75 Å². The number of hydrogen-bond acceptors (Lipinski definition) is 4. The van der Waals surface area contributed by atoms with Crippen molar-refractivity contribution in [3.05, 3.63) is 51.9 Å². The Bertz CT molecular complexity index is 1300. The molecule has 0 saturated carbocycles. The molecular formula is C31H39NO4. The highest BCUT2D eigenvalue weighted by molar-refractivity contribution is 5.93. The molecular weight excluding hydrogens is 450 g/mol. The summed E-state index contributed by atoms with van der Waals surface area (Å²) in [7, 11) is 0. The van der Waals surface area contributed by atoms with Crippen LogP contribution in [0.25, 0.3) is 28.9 Å². The highest BCUT2D eigenvalue weighted by Crippen LogP contribution is 2.46. The van der Waals surface area contributed by atoms with E-state index < -0.39 is 17.7 Å². The third-order valence-electron chi connectivity index (χ3n) is 6.88. The smallest absolute Gasteiger partial charge is 0.337 e. The number of rotatable bonds is 9. The van der Waals surface area contributed by atoms with Gasteiger partial charge in [-0.2, -0.15) is 0 Å². The molecule has 2 aromatic rings. The zero-order valence-electron chi connectivity index (χ0n) is 22.5. The Morgan fingerprint density at radius 2 is 2.00 bits per heavy atom. The first-order valence-electron chi connectivity index (χ1n) is 12.7. The number of hydrogen-bond donors (Lipinski definition) is 1. The monoisotopic (exact) mass is 489 g/mol. The van der Waals surface area contributed by atoms with Crippen LogP contribution in [0.1, 0.15) is 83.1 Å². The van der Waals surface area contributed by atoms with Crippen molar-refractivity contribution in [2.24, 2.45) is 4.99 Å². The normalized spacial score (nSPS) is 15.4. The molecule has 5 nitrogen and oxygen atoms in total. The average molecular weight is 490 g/mol. The lowest BCUT2D eigenvalue weighted by atomic mass is 9.85. The lowest BCUT2D eigenvalue weighted by Gasteiger charge is -2.31. The first-order valence-corrected chi connectivity index (χ1v) is 12.7. The summed E-state index contributed by atoms with van der Waals surface area (Å²) in [5.74, 6) is -0.291. The van der Waals surface area contributed by atoms with E-state index in [1.165, 1.54) is 0 Å². The van der Waals surface area contributed by atoms with Gasteiger partial charge in [0, 0.05) is 23.1 Å². The molecule has 0 saturated heterocycles. The van der Waals surface area contributed by atoms with Crippen LogP contribution in [0.4, 0.5) is 5.69 Å². The Hall–Kier alpha value is -3.18. The van der Waals surface area contributed by atoms with Gasteiger partial charge in [0.25, 0.3) is 0 Å². The Balaban J connectivity index is 2.43. The quantitative estimate of drug-likeness (QED) is 0.408. The molecule has 1 aliphatic heterocycles. The highest BCUT2D eigenvalue weighted by atomic mass is 16.5. The second-order valence-electron chi connectivity index (χ2n) is 9.96. The van der Waals surface area contributed by atoms with E-state index in [2.05, 4.69) is 25.2 Å². The van der Waals surface area contributed by atoms with Gasteiger partial charge in [-0.1, -0.05) is 44.6 Å². The van der Waals surface area contributed by atoms with Crippen LogP contribution in [0.3, 0.4) is 0 Å². The fourth-order valence-electron chi connectivity index (χ4n) is 5.08. The van der Waals surface area contributed by atoms with Gasteiger partial charge in [-0.3, -0.25) is 4.99 Å². The second-order valence-corrected chi connectivity index (χ2v) is 9.96. The molecule has 1 N–H and O–H groups in total. The van der Waals surface area contributed by atoms with Crippen molar-refractivity contribution >= 4 is 36.1 Å². The molecule has 0 aromatic heterocycles. The maximum absolute atomic E-state index is 12.8. The van der Waals surface area contributed by atoms with E-state index in [0.717, 1.165) is 63.3 Å². The number of carboxylic acids is 1. The fourth-order valence-corrected chi connectivity index (χ4v) is 5.08. The molecule has 1 aliphatic rings. The third-order valence-corrected chi connectivity index (χ3v) is 6.88. The maximum Gasteiger partial charge on any atom is 0.337 e. The van der Waals surface area contributed by atoms with E-state index in [9.17, 15) is 9.90 Å². The van der Waals surface area contributed by atoms with Crippen molar-refractivity contribution in [3.8, 4) is 16.9 Å². The summed E-state index contributed by atoms with van der Waals surface area (Å²) in [4.78, 5) is 17.2. The van der Waals surface area contributed by atoms with Gasteiger partial charge in [0.05, 0.1) is 17.9 Å². The van der Waals surface area contributed by atoms with E-state index in [-0.39, 0.29) is 0 Å². The van der Waals surface area contributed by atoms with Crippen LogP contribution < -0.4 is 15.2 Å². The summed E-state index contributed by atoms with van der Waals surface area (Å²) in [6, 6.07) is 5.91. The number of carbonyl (C=O) groups is 1. The summed E-state index contributed by atoms with van der Waals surface area (Å²) >= 11 is 0. The SMILES string of the molecule is C=Nc1c(-c2c(C(OC(C)(C)CCCC)C(=O)O)c(C)cc(=CC)c2=CC)ccc2c1C(=C)CCO2. The molecule has 192 valence electrons. The van der Waals surface area contributed by atoms with Gasteiger partial charge in [0.2, 0.25) is 0 Å². The number of fused-ring (bicyclic) bond motifs is 1. The molecule has 1 heterocycles. The van der Waals surface area contributed by atoms with Crippen LogP contribution >= 0.6 is 0 Å². The zero-order valence-corrected chi connectivity index (χ0v) is 22.5. The summed E-state index contributed by atoms with van der Waals surface area (Å²) in [5.41, 5.74) is 4.91. The first kappa shape index (κ1) is 27.4. The van der Waals surface area contributed by atoms with Gasteiger partial charge in [-0.05, 0) is 87.0 Å². The minimum Gasteiger partial charge on any atom is -0.493 e. The van der Waals surface area contributed by atoms with Crippen molar-refractivity contribution < 1.29 is 19.4 Å². The number of ether oxygens (including phenoxy) is 2. The van der Waals surface area contributed by atoms with Crippen molar-refractivity contribution in [1.82, 2.24) is 0 Å². The Kier molecular flexibility index (Phi) is 8.57. The van der Waals surface area contributed by atoms with Crippen molar-refractivity contribution in [1.29, 1.82) is 0 Å². The Morgan fingerprint density at radius 3 is 2.58 bits per heavy atom. The lowest BCUT2D eigenvalue weighted by molar-refractivity contribution is -0.163. The van der Waals surface area contributed by atoms with Gasteiger partial charge >= 0.3 is 5.97 Å². The Labute approximate surface area is 214 Å². The Morgan fingerprint density at radius 1 is 1.28 bits per heavy atom. The van der Waals surface area contributed by atoms with Crippen LogP contribution in [-0.2, 0) is 9.53 Å². The van der Waals surface area contributed by atoms with Gasteiger partial charge in [-0.25, -0.2) is 4.79 Å². The van der Waals surface area contributed by atoms with Crippen LogP contribution in [-0.4, -0.2) is 30.0 Å². The number of nitrogens with zero attached hydrogens (tertiary/aromatic N) is 1. The lowest BCUT2D eigenvalue weighted by Crippen LogP contribution is -2.35. The molecule has 36 heavy (non-hydrogen) atoms. The van der Waals surface area contributed by atoms with Crippen LogP contribution in [0.15, 0.2) is 29.8 Å². The average Bonchev–Trinajstić information content (AvgIpc) is 2.85. The molecule has 0 radical (unpaired) electrons. The van der Waals surface area contributed by atoms with Crippen molar-refractivity contribution in [2.75, 3.05) is 6.61 Å². The highest BCUT2D eigenvalue weighted by Gasteiger charge is 2.34. The third kappa shape index (κ3) is 5.31. The summed E-state index contributed by atoms with van der Waals surface area (Å²) in [5, 5.41) is 12.4. The first-order chi connectivity index (χ1) is 17.1. The molecule has 0 amide bonds.